The molecule has 0 saturated heterocycles. The van der Waals surface area contributed by atoms with Gasteiger partial charge in [0.2, 0.25) is 9.04 Å². The zero-order valence-electron chi connectivity index (χ0n) is 18.5. The zero-order chi connectivity index (χ0) is 21.8. The maximum absolute atomic E-state index is 10.0. The van der Waals surface area contributed by atoms with Crippen LogP contribution in [-0.2, 0) is 23.1 Å². The first-order valence-electron chi connectivity index (χ1n) is 10.8. The fourth-order valence-electron chi connectivity index (χ4n) is 4.03. The number of aliphatic hydroxyl groups excluding tert-OH is 1. The third-order valence-corrected chi connectivity index (χ3v) is 8.34. The van der Waals surface area contributed by atoms with E-state index in [-0.39, 0.29) is 12.0 Å². The van der Waals surface area contributed by atoms with Crippen molar-refractivity contribution in [2.45, 2.75) is 39.4 Å². The monoisotopic (exact) mass is 426 g/mol. The minimum atomic E-state index is -1.85. The van der Waals surface area contributed by atoms with Crippen molar-refractivity contribution in [1.82, 2.24) is 0 Å². The molecule has 31 heavy (non-hydrogen) atoms. The first kappa shape index (κ1) is 21.5. The molecule has 0 aliphatic heterocycles. The summed E-state index contributed by atoms with van der Waals surface area (Å²) in [6.45, 7) is 7.20. The number of hydrogen-bond donors (Lipinski definition) is 1. The average Bonchev–Trinajstić information content (AvgIpc) is 2.79. The van der Waals surface area contributed by atoms with E-state index in [2.05, 4.69) is 93.6 Å². The van der Waals surface area contributed by atoms with Gasteiger partial charge in [-0.2, -0.15) is 0 Å². The molecule has 0 aliphatic rings. The highest BCUT2D eigenvalue weighted by Gasteiger charge is 2.20. The predicted molar refractivity (Wildman–Crippen MR) is 133 cm³/mol. The average molecular weight is 427 g/mol. The van der Waals surface area contributed by atoms with E-state index in [0.717, 1.165) is 16.5 Å². The molecule has 4 rings (SSSR count). The molecule has 0 aromatic heterocycles. The van der Waals surface area contributed by atoms with E-state index < -0.39 is 9.04 Å². The van der Waals surface area contributed by atoms with Crippen molar-refractivity contribution in [2.24, 2.45) is 0 Å². The van der Waals surface area contributed by atoms with Crippen LogP contribution in [0.5, 0.6) is 0 Å². The van der Waals surface area contributed by atoms with Gasteiger partial charge in [-0.25, -0.2) is 0 Å². The minimum Gasteiger partial charge on any atom is -0.407 e. The summed E-state index contributed by atoms with van der Waals surface area (Å²) >= 11 is 0. The quantitative estimate of drug-likeness (QED) is 0.454. The smallest absolute Gasteiger partial charge is 0.240 e. The van der Waals surface area contributed by atoms with Crippen molar-refractivity contribution in [3.63, 3.8) is 0 Å². The van der Waals surface area contributed by atoms with Crippen molar-refractivity contribution < 1.29 is 9.53 Å². The van der Waals surface area contributed by atoms with Gasteiger partial charge in [-0.15, -0.1) is 0 Å². The van der Waals surface area contributed by atoms with Gasteiger partial charge in [-0.3, -0.25) is 0 Å². The highest BCUT2D eigenvalue weighted by molar-refractivity contribution is 6.80. The summed E-state index contributed by atoms with van der Waals surface area (Å²) < 4.78 is 6.68. The van der Waals surface area contributed by atoms with Crippen LogP contribution in [0, 0.1) is 0 Å². The van der Waals surface area contributed by atoms with Crippen LogP contribution >= 0.6 is 0 Å². The molecule has 4 aromatic carbocycles. The van der Waals surface area contributed by atoms with E-state index in [1.165, 1.54) is 21.3 Å². The molecule has 0 spiro atoms. The van der Waals surface area contributed by atoms with Gasteiger partial charge in [-0.05, 0) is 43.3 Å². The van der Waals surface area contributed by atoms with E-state index in [4.69, 9.17) is 4.43 Å². The van der Waals surface area contributed by atoms with Crippen molar-refractivity contribution >= 4 is 30.2 Å². The summed E-state index contributed by atoms with van der Waals surface area (Å²) in [5.41, 5.74) is 3.43. The van der Waals surface area contributed by atoms with E-state index in [9.17, 15) is 5.11 Å². The Labute approximate surface area is 186 Å². The normalized spacial score (nSPS) is 11.9. The second-order valence-corrected chi connectivity index (χ2v) is 11.5. The van der Waals surface area contributed by atoms with Crippen molar-refractivity contribution in [2.75, 3.05) is 0 Å². The topological polar surface area (TPSA) is 29.5 Å². The summed E-state index contributed by atoms with van der Waals surface area (Å²) in [7, 11) is -1.85. The zero-order valence-corrected chi connectivity index (χ0v) is 19.7. The molecule has 0 radical (unpaired) electrons. The van der Waals surface area contributed by atoms with Crippen molar-refractivity contribution in [1.29, 1.82) is 0 Å². The Balaban J connectivity index is 1.72. The standard InChI is InChI=1S/C28H30O2Si/c1-28(2,3)23-16-17-26-21(18-23)14-15-22(19-29)27(26)20-30-31(24-10-6-4-7-11-24)25-12-8-5-9-13-25/h4-18,29,31H,19-20H2,1-3H3. The lowest BCUT2D eigenvalue weighted by Crippen LogP contribution is -2.44. The fraction of sp³-hybridized carbons (Fsp3) is 0.214. The molecule has 158 valence electrons. The van der Waals surface area contributed by atoms with E-state index in [1.807, 2.05) is 18.2 Å². The molecule has 0 saturated carbocycles. The van der Waals surface area contributed by atoms with Crippen LogP contribution in [0.2, 0.25) is 0 Å². The highest BCUT2D eigenvalue weighted by Crippen LogP contribution is 2.29. The molecule has 0 unspecified atom stereocenters. The number of rotatable bonds is 6. The van der Waals surface area contributed by atoms with Crippen LogP contribution in [0.1, 0.15) is 37.5 Å². The van der Waals surface area contributed by atoms with Crippen LogP contribution in [0.3, 0.4) is 0 Å². The predicted octanol–water partition coefficient (Wildman–Crippen LogP) is 4.68. The number of hydrogen-bond acceptors (Lipinski definition) is 2. The Kier molecular flexibility index (Phi) is 6.37. The minimum absolute atomic E-state index is 0.0125. The van der Waals surface area contributed by atoms with Crippen LogP contribution in [-0.4, -0.2) is 14.1 Å². The van der Waals surface area contributed by atoms with Crippen LogP contribution < -0.4 is 10.4 Å². The Morgan fingerprint density at radius 2 is 1.39 bits per heavy atom. The molecular weight excluding hydrogens is 396 g/mol. The molecule has 0 heterocycles. The van der Waals surface area contributed by atoms with Crippen LogP contribution in [0.25, 0.3) is 10.8 Å². The number of fused-ring (bicyclic) bond motifs is 1. The Morgan fingerprint density at radius 1 is 0.774 bits per heavy atom. The van der Waals surface area contributed by atoms with Gasteiger partial charge in [0.15, 0.2) is 0 Å². The summed E-state index contributed by atoms with van der Waals surface area (Å²) in [4.78, 5) is 0. The van der Waals surface area contributed by atoms with Gasteiger partial charge < -0.3 is 9.53 Å². The van der Waals surface area contributed by atoms with Crippen LogP contribution in [0.15, 0.2) is 91.0 Å². The molecule has 2 nitrogen and oxygen atoms in total. The molecular formula is C28H30O2Si. The number of benzene rings is 4. The SMILES string of the molecule is CC(C)(C)c1ccc2c(CO[SiH](c3ccccc3)c3ccccc3)c(CO)ccc2c1. The Hall–Kier alpha value is -2.72. The summed E-state index contributed by atoms with van der Waals surface area (Å²) in [5, 5.41) is 14.9. The van der Waals surface area contributed by atoms with Gasteiger partial charge in [0.1, 0.15) is 0 Å². The molecule has 0 atom stereocenters. The van der Waals surface area contributed by atoms with E-state index >= 15 is 0 Å². The lowest BCUT2D eigenvalue weighted by molar-refractivity contribution is 0.273. The maximum Gasteiger partial charge on any atom is 0.240 e. The van der Waals surface area contributed by atoms with Gasteiger partial charge in [0.25, 0.3) is 0 Å². The molecule has 0 fully saturated rings. The summed E-state index contributed by atoms with van der Waals surface area (Å²) in [6, 6.07) is 31.9. The summed E-state index contributed by atoms with van der Waals surface area (Å²) in [6.07, 6.45) is 0. The third kappa shape index (κ3) is 4.80. The van der Waals surface area contributed by atoms with Gasteiger partial charge in [0, 0.05) is 0 Å². The van der Waals surface area contributed by atoms with E-state index in [1.54, 1.807) is 0 Å². The van der Waals surface area contributed by atoms with E-state index in [0.29, 0.717) is 6.61 Å². The van der Waals surface area contributed by atoms with Crippen LogP contribution in [0.4, 0.5) is 0 Å². The van der Waals surface area contributed by atoms with Gasteiger partial charge >= 0.3 is 0 Å². The Morgan fingerprint density at radius 3 is 1.94 bits per heavy atom. The van der Waals surface area contributed by atoms with Gasteiger partial charge in [-0.1, -0.05) is 112 Å². The third-order valence-electron chi connectivity index (χ3n) is 5.86. The second-order valence-electron chi connectivity index (χ2n) is 9.06. The lowest BCUT2D eigenvalue weighted by Gasteiger charge is -2.22. The molecule has 0 amide bonds. The summed E-state index contributed by atoms with van der Waals surface area (Å²) in [5.74, 6) is 0. The molecule has 1 N–H and O–H groups in total. The molecule has 3 heteroatoms. The molecule has 0 aliphatic carbocycles. The lowest BCUT2D eigenvalue weighted by atomic mass is 9.85. The second kappa shape index (κ2) is 9.19. The molecule has 0 bridgehead atoms. The van der Waals surface area contributed by atoms with Gasteiger partial charge in [0.05, 0.1) is 13.2 Å². The molecule has 4 aromatic rings. The largest absolute Gasteiger partial charge is 0.407 e. The van der Waals surface area contributed by atoms with Crippen molar-refractivity contribution in [3.8, 4) is 0 Å². The first-order chi connectivity index (χ1) is 15.0. The maximum atomic E-state index is 10.0. The Bertz CT molecular complexity index is 1110. The fourth-order valence-corrected chi connectivity index (χ4v) is 6.28. The first-order valence-corrected chi connectivity index (χ1v) is 12.5. The van der Waals surface area contributed by atoms with Crippen molar-refractivity contribution in [3.05, 3.63) is 108 Å². The highest BCUT2D eigenvalue weighted by atomic mass is 28.3. The number of aliphatic hydroxyl groups is 1.